The maximum absolute atomic E-state index is 12.8. The standard InChI is InChI=1S/C22H26N4O2/c1-3-28-22(27)17-14(2)25-21(26-16-12-8-5-9-13-16)19(20(23)24)18(17)15-10-6-4-7-11-15/h4-13,18-19,21,25-26H,3H2,1-2H3,(H3,23,24). The van der Waals surface area contributed by atoms with E-state index < -0.39 is 5.92 Å². The van der Waals surface area contributed by atoms with E-state index in [4.69, 9.17) is 15.9 Å². The zero-order chi connectivity index (χ0) is 20.1. The van der Waals surface area contributed by atoms with Gasteiger partial charge in [-0.05, 0) is 31.5 Å². The number of amidine groups is 1. The van der Waals surface area contributed by atoms with Crippen LogP contribution in [-0.4, -0.2) is 24.6 Å². The van der Waals surface area contributed by atoms with Crippen molar-refractivity contribution >= 4 is 17.5 Å². The van der Waals surface area contributed by atoms with Crippen molar-refractivity contribution in [2.75, 3.05) is 11.9 Å². The zero-order valence-electron chi connectivity index (χ0n) is 16.1. The first-order valence-corrected chi connectivity index (χ1v) is 9.37. The third kappa shape index (κ3) is 4.01. The van der Waals surface area contributed by atoms with Crippen LogP contribution in [0.2, 0.25) is 0 Å². The molecule has 1 heterocycles. The summed E-state index contributed by atoms with van der Waals surface area (Å²) in [5, 5.41) is 15.0. The molecule has 0 bridgehead atoms. The Kier molecular flexibility index (Phi) is 5.99. The molecular weight excluding hydrogens is 352 g/mol. The topological polar surface area (TPSA) is 100 Å². The van der Waals surface area contributed by atoms with E-state index >= 15 is 0 Å². The number of ether oxygens (including phenoxy) is 1. The lowest BCUT2D eigenvalue weighted by molar-refractivity contribution is -0.139. The van der Waals surface area contributed by atoms with Gasteiger partial charge in [-0.1, -0.05) is 48.5 Å². The highest BCUT2D eigenvalue weighted by atomic mass is 16.5. The maximum atomic E-state index is 12.8. The second kappa shape index (κ2) is 8.61. The average molecular weight is 378 g/mol. The van der Waals surface area contributed by atoms with Gasteiger partial charge in [-0.2, -0.15) is 0 Å². The molecule has 1 aliphatic rings. The Hall–Kier alpha value is -3.28. The molecule has 0 radical (unpaired) electrons. The zero-order valence-corrected chi connectivity index (χ0v) is 16.1. The number of hydrogen-bond acceptors (Lipinski definition) is 5. The minimum Gasteiger partial charge on any atom is -0.463 e. The number of rotatable bonds is 6. The first-order valence-electron chi connectivity index (χ1n) is 9.37. The van der Waals surface area contributed by atoms with Gasteiger partial charge in [0, 0.05) is 17.3 Å². The van der Waals surface area contributed by atoms with Gasteiger partial charge in [0.15, 0.2) is 0 Å². The SMILES string of the molecule is CCOC(=O)C1=C(C)NC(Nc2ccccc2)C(C(=N)N)C1c1ccccc1. The van der Waals surface area contributed by atoms with Crippen LogP contribution in [0.1, 0.15) is 25.3 Å². The Labute approximate surface area is 165 Å². The summed E-state index contributed by atoms with van der Waals surface area (Å²) in [6.45, 7) is 3.93. The highest BCUT2D eigenvalue weighted by molar-refractivity contribution is 5.94. The molecular formula is C22H26N4O2. The summed E-state index contributed by atoms with van der Waals surface area (Å²) in [5.74, 6) is -1.24. The maximum Gasteiger partial charge on any atom is 0.336 e. The van der Waals surface area contributed by atoms with Gasteiger partial charge >= 0.3 is 5.97 Å². The van der Waals surface area contributed by atoms with Gasteiger partial charge in [0.1, 0.15) is 6.17 Å². The molecule has 28 heavy (non-hydrogen) atoms. The lowest BCUT2D eigenvalue weighted by Crippen LogP contribution is -2.54. The van der Waals surface area contributed by atoms with Crippen LogP contribution in [0.25, 0.3) is 0 Å². The van der Waals surface area contributed by atoms with Crippen molar-refractivity contribution in [2.45, 2.75) is 25.9 Å². The Balaban J connectivity index is 2.08. The van der Waals surface area contributed by atoms with Crippen LogP contribution in [0, 0.1) is 11.3 Å². The molecule has 0 aliphatic carbocycles. The number of nitrogens with two attached hydrogens (primary N) is 1. The van der Waals surface area contributed by atoms with Crippen LogP contribution < -0.4 is 16.4 Å². The van der Waals surface area contributed by atoms with Crippen LogP contribution in [0.5, 0.6) is 0 Å². The number of carbonyl (C=O) groups is 1. The molecule has 2 aromatic carbocycles. The number of benzene rings is 2. The van der Waals surface area contributed by atoms with E-state index in [1.54, 1.807) is 6.92 Å². The Morgan fingerprint density at radius 1 is 1.14 bits per heavy atom. The van der Waals surface area contributed by atoms with Crippen LogP contribution >= 0.6 is 0 Å². The van der Waals surface area contributed by atoms with Gasteiger partial charge < -0.3 is 21.1 Å². The van der Waals surface area contributed by atoms with E-state index in [1.807, 2.05) is 67.6 Å². The summed E-state index contributed by atoms with van der Waals surface area (Å²) >= 11 is 0. The van der Waals surface area contributed by atoms with E-state index in [2.05, 4.69) is 10.6 Å². The quantitative estimate of drug-likeness (QED) is 0.351. The lowest BCUT2D eigenvalue weighted by atomic mass is 9.75. The highest BCUT2D eigenvalue weighted by Gasteiger charge is 2.43. The third-order valence-corrected chi connectivity index (χ3v) is 4.91. The van der Waals surface area contributed by atoms with Crippen molar-refractivity contribution in [3.8, 4) is 0 Å². The van der Waals surface area contributed by atoms with Crippen LogP contribution in [0.4, 0.5) is 5.69 Å². The summed E-state index contributed by atoms with van der Waals surface area (Å²) < 4.78 is 5.32. The molecule has 3 atom stereocenters. The van der Waals surface area contributed by atoms with E-state index in [0.29, 0.717) is 5.57 Å². The highest BCUT2D eigenvalue weighted by Crippen LogP contribution is 2.39. The lowest BCUT2D eigenvalue weighted by Gasteiger charge is -2.41. The van der Waals surface area contributed by atoms with E-state index in [-0.39, 0.29) is 30.5 Å². The number of para-hydroxylation sites is 1. The second-order valence-electron chi connectivity index (χ2n) is 6.76. The molecule has 146 valence electrons. The predicted octanol–water partition coefficient (Wildman–Crippen LogP) is 3.20. The number of allylic oxidation sites excluding steroid dienone is 1. The molecule has 0 saturated carbocycles. The fourth-order valence-electron chi connectivity index (χ4n) is 3.73. The largest absolute Gasteiger partial charge is 0.463 e. The first kappa shape index (κ1) is 19.5. The second-order valence-corrected chi connectivity index (χ2v) is 6.76. The average Bonchev–Trinajstić information content (AvgIpc) is 2.68. The van der Waals surface area contributed by atoms with Crippen molar-refractivity contribution in [1.29, 1.82) is 5.41 Å². The molecule has 0 amide bonds. The summed E-state index contributed by atoms with van der Waals surface area (Å²) in [6.07, 6.45) is -0.344. The van der Waals surface area contributed by atoms with Gasteiger partial charge in [-0.15, -0.1) is 0 Å². The number of anilines is 1. The van der Waals surface area contributed by atoms with Gasteiger partial charge in [0.2, 0.25) is 0 Å². The molecule has 0 saturated heterocycles. The third-order valence-electron chi connectivity index (χ3n) is 4.91. The van der Waals surface area contributed by atoms with E-state index in [0.717, 1.165) is 16.9 Å². The van der Waals surface area contributed by atoms with Gasteiger partial charge in [-0.25, -0.2) is 4.79 Å². The monoisotopic (exact) mass is 378 g/mol. The molecule has 2 aromatic rings. The summed E-state index contributed by atoms with van der Waals surface area (Å²) in [6, 6.07) is 19.4. The summed E-state index contributed by atoms with van der Waals surface area (Å²) in [4.78, 5) is 12.8. The molecule has 5 N–H and O–H groups in total. The Bertz CT molecular complexity index is 865. The number of hydrogen-bond donors (Lipinski definition) is 4. The molecule has 0 spiro atoms. The van der Waals surface area contributed by atoms with Crippen molar-refractivity contribution in [3.05, 3.63) is 77.5 Å². The predicted molar refractivity (Wildman–Crippen MR) is 111 cm³/mol. The molecule has 3 rings (SSSR count). The Morgan fingerprint density at radius 2 is 1.75 bits per heavy atom. The van der Waals surface area contributed by atoms with Crippen LogP contribution in [-0.2, 0) is 9.53 Å². The van der Waals surface area contributed by atoms with E-state index in [1.165, 1.54) is 0 Å². The van der Waals surface area contributed by atoms with Crippen molar-refractivity contribution in [3.63, 3.8) is 0 Å². The molecule has 3 unspecified atom stereocenters. The number of carbonyl (C=O) groups excluding carboxylic acids is 1. The van der Waals surface area contributed by atoms with Crippen molar-refractivity contribution < 1.29 is 9.53 Å². The van der Waals surface area contributed by atoms with Crippen molar-refractivity contribution in [1.82, 2.24) is 5.32 Å². The van der Waals surface area contributed by atoms with Gasteiger partial charge in [0.05, 0.1) is 23.9 Å². The molecule has 6 heteroatoms. The first-order chi connectivity index (χ1) is 13.5. The number of esters is 1. The van der Waals surface area contributed by atoms with Crippen LogP contribution in [0.15, 0.2) is 71.9 Å². The molecule has 0 aromatic heterocycles. The van der Waals surface area contributed by atoms with E-state index in [9.17, 15) is 4.79 Å². The molecule has 1 aliphatic heterocycles. The molecule has 6 nitrogen and oxygen atoms in total. The summed E-state index contributed by atoms with van der Waals surface area (Å²) in [7, 11) is 0. The molecule has 0 fully saturated rings. The Morgan fingerprint density at radius 3 is 2.32 bits per heavy atom. The smallest absolute Gasteiger partial charge is 0.336 e. The summed E-state index contributed by atoms with van der Waals surface area (Å²) in [5.41, 5.74) is 9.11. The normalized spacial score (nSPS) is 21.6. The van der Waals surface area contributed by atoms with Gasteiger partial charge in [0.25, 0.3) is 0 Å². The minimum absolute atomic E-state index is 0.00378. The fraction of sp³-hybridized carbons (Fsp3) is 0.273. The fourth-order valence-corrected chi connectivity index (χ4v) is 3.73. The minimum atomic E-state index is -0.467. The number of nitrogens with one attached hydrogen (secondary N) is 3. The van der Waals surface area contributed by atoms with Crippen molar-refractivity contribution in [2.24, 2.45) is 11.7 Å². The van der Waals surface area contributed by atoms with Crippen LogP contribution in [0.3, 0.4) is 0 Å². The van der Waals surface area contributed by atoms with Gasteiger partial charge in [-0.3, -0.25) is 5.41 Å².